The molecule has 0 saturated carbocycles. The van der Waals surface area contributed by atoms with Crippen molar-refractivity contribution in [3.05, 3.63) is 53.6 Å². The first kappa shape index (κ1) is 14.6. The Labute approximate surface area is 120 Å². The van der Waals surface area contributed by atoms with E-state index in [4.69, 9.17) is 0 Å². The first-order valence-electron chi connectivity index (χ1n) is 6.00. The number of rotatable bonds is 3. The van der Waals surface area contributed by atoms with Gasteiger partial charge in [0.05, 0.1) is 14.2 Å². The fourth-order valence-corrected chi connectivity index (χ4v) is 1.76. The number of halogens is 1. The Morgan fingerprint density at radius 2 is 1.38 bits per heavy atom. The molecule has 21 heavy (non-hydrogen) atoms. The van der Waals surface area contributed by atoms with E-state index in [2.05, 4.69) is 14.5 Å². The number of benzene rings is 1. The first-order valence-corrected chi connectivity index (χ1v) is 6.00. The molecule has 0 spiro atoms. The molecule has 1 aromatic carbocycles. The number of pyridine rings is 1. The molecule has 0 unspecified atom stereocenters. The van der Waals surface area contributed by atoms with E-state index >= 15 is 0 Å². The fourth-order valence-electron chi connectivity index (χ4n) is 1.76. The van der Waals surface area contributed by atoms with Crippen LogP contribution in [0.25, 0.3) is 11.1 Å². The number of aromatic nitrogens is 1. The highest BCUT2D eigenvalue weighted by Crippen LogP contribution is 2.22. The summed E-state index contributed by atoms with van der Waals surface area (Å²) in [5.41, 5.74) is 1.11. The van der Waals surface area contributed by atoms with Crippen LogP contribution in [0, 0.1) is 5.82 Å². The minimum absolute atomic E-state index is 0.0280. The van der Waals surface area contributed by atoms with Crippen molar-refractivity contribution in [3.63, 3.8) is 0 Å². The molecule has 5 nitrogen and oxygen atoms in total. The second kappa shape index (κ2) is 6.13. The van der Waals surface area contributed by atoms with Crippen LogP contribution in [0.2, 0.25) is 0 Å². The lowest BCUT2D eigenvalue weighted by atomic mass is 10.0. The third-order valence-electron chi connectivity index (χ3n) is 2.79. The van der Waals surface area contributed by atoms with Crippen molar-refractivity contribution in [1.82, 2.24) is 4.98 Å². The molecule has 1 heterocycles. The average molecular weight is 289 g/mol. The lowest BCUT2D eigenvalue weighted by Gasteiger charge is -2.07. The molecule has 0 radical (unpaired) electrons. The fraction of sp³-hybridized carbons (Fsp3) is 0.133. The number of nitrogens with zero attached hydrogens (tertiary/aromatic N) is 1. The van der Waals surface area contributed by atoms with E-state index in [1.54, 1.807) is 0 Å². The maximum absolute atomic E-state index is 13.0. The summed E-state index contributed by atoms with van der Waals surface area (Å²) in [7, 11) is 2.43. The molecule has 0 N–H and O–H groups in total. The quantitative estimate of drug-likeness (QED) is 0.812. The largest absolute Gasteiger partial charge is 0.464 e. The van der Waals surface area contributed by atoms with Gasteiger partial charge in [0.1, 0.15) is 17.2 Å². The molecule has 2 aromatic rings. The van der Waals surface area contributed by atoms with Crippen LogP contribution in [0.5, 0.6) is 0 Å². The zero-order chi connectivity index (χ0) is 15.4. The summed E-state index contributed by atoms with van der Waals surface area (Å²) in [4.78, 5) is 27.1. The summed E-state index contributed by atoms with van der Waals surface area (Å²) in [6, 6.07) is 8.56. The number of hydrogen-bond acceptors (Lipinski definition) is 5. The van der Waals surface area contributed by atoms with Gasteiger partial charge in [0.15, 0.2) is 0 Å². The number of ether oxygens (including phenoxy) is 2. The predicted octanol–water partition coefficient (Wildman–Crippen LogP) is 2.46. The Morgan fingerprint density at radius 1 is 0.905 bits per heavy atom. The molecule has 0 amide bonds. The van der Waals surface area contributed by atoms with Crippen molar-refractivity contribution < 1.29 is 23.5 Å². The highest BCUT2D eigenvalue weighted by atomic mass is 19.1. The number of carbonyl (C=O) groups is 2. The van der Waals surface area contributed by atoms with Crippen LogP contribution in [-0.2, 0) is 9.47 Å². The lowest BCUT2D eigenvalue weighted by Crippen LogP contribution is -2.11. The Hall–Kier alpha value is -2.76. The molecule has 0 aliphatic rings. The first-order chi connectivity index (χ1) is 10.0. The smallest absolute Gasteiger partial charge is 0.356 e. The maximum Gasteiger partial charge on any atom is 0.356 e. The summed E-state index contributed by atoms with van der Waals surface area (Å²) in [5, 5.41) is 0. The van der Waals surface area contributed by atoms with Crippen LogP contribution < -0.4 is 0 Å². The summed E-state index contributed by atoms with van der Waals surface area (Å²) >= 11 is 0. The Bertz CT molecular complexity index is 648. The molecule has 0 aliphatic heterocycles. The van der Waals surface area contributed by atoms with Crippen molar-refractivity contribution in [2.45, 2.75) is 0 Å². The van der Waals surface area contributed by atoms with E-state index < -0.39 is 11.9 Å². The van der Waals surface area contributed by atoms with Crippen LogP contribution in [-0.4, -0.2) is 31.1 Å². The molecule has 6 heteroatoms. The second-order valence-electron chi connectivity index (χ2n) is 4.12. The molecule has 0 saturated heterocycles. The van der Waals surface area contributed by atoms with E-state index in [-0.39, 0.29) is 17.2 Å². The number of carbonyl (C=O) groups excluding carboxylic acids is 2. The van der Waals surface area contributed by atoms with Gasteiger partial charge in [-0.25, -0.2) is 19.0 Å². The van der Waals surface area contributed by atoms with Crippen molar-refractivity contribution in [3.8, 4) is 11.1 Å². The molecule has 0 fully saturated rings. The normalized spacial score (nSPS) is 10.0. The second-order valence-corrected chi connectivity index (χ2v) is 4.12. The summed E-state index contributed by atoms with van der Waals surface area (Å²) in [5.74, 6) is -1.73. The van der Waals surface area contributed by atoms with E-state index in [0.717, 1.165) is 0 Å². The molecular formula is C15H12FNO4. The van der Waals surface area contributed by atoms with Crippen molar-refractivity contribution in [2.24, 2.45) is 0 Å². The molecule has 0 atom stereocenters. The van der Waals surface area contributed by atoms with E-state index in [1.807, 2.05) is 0 Å². The number of methoxy groups -OCH3 is 2. The minimum Gasteiger partial charge on any atom is -0.464 e. The van der Waals surface area contributed by atoms with E-state index in [0.29, 0.717) is 11.1 Å². The van der Waals surface area contributed by atoms with Gasteiger partial charge in [-0.1, -0.05) is 12.1 Å². The third kappa shape index (κ3) is 3.22. The highest BCUT2D eigenvalue weighted by Gasteiger charge is 2.16. The Balaban J connectivity index is 2.56. The van der Waals surface area contributed by atoms with Crippen LogP contribution in [0.4, 0.5) is 4.39 Å². The van der Waals surface area contributed by atoms with Crippen molar-refractivity contribution in [2.75, 3.05) is 14.2 Å². The summed E-state index contributed by atoms with van der Waals surface area (Å²) < 4.78 is 22.2. The van der Waals surface area contributed by atoms with Gasteiger partial charge in [-0.2, -0.15) is 0 Å². The molecule has 108 valence electrons. The minimum atomic E-state index is -0.677. The number of hydrogen-bond donors (Lipinski definition) is 0. The van der Waals surface area contributed by atoms with Gasteiger partial charge in [-0.3, -0.25) is 0 Å². The summed E-state index contributed by atoms with van der Waals surface area (Å²) in [6.07, 6.45) is 0. The Kier molecular flexibility index (Phi) is 4.27. The van der Waals surface area contributed by atoms with Crippen molar-refractivity contribution in [1.29, 1.82) is 0 Å². The SMILES string of the molecule is COC(=O)c1cc(-c2ccc(F)cc2)cc(C(=O)OC)n1. The van der Waals surface area contributed by atoms with Gasteiger partial charge in [0, 0.05) is 0 Å². The zero-order valence-electron chi connectivity index (χ0n) is 11.4. The van der Waals surface area contributed by atoms with Crippen LogP contribution in [0.1, 0.15) is 21.0 Å². The van der Waals surface area contributed by atoms with Crippen LogP contribution in [0.3, 0.4) is 0 Å². The third-order valence-corrected chi connectivity index (χ3v) is 2.79. The van der Waals surface area contributed by atoms with Gasteiger partial charge in [0.25, 0.3) is 0 Å². The molecule has 0 aliphatic carbocycles. The lowest BCUT2D eigenvalue weighted by molar-refractivity contribution is 0.0586. The molecular weight excluding hydrogens is 277 g/mol. The monoisotopic (exact) mass is 289 g/mol. The van der Waals surface area contributed by atoms with Crippen LogP contribution >= 0.6 is 0 Å². The zero-order valence-corrected chi connectivity index (χ0v) is 11.4. The van der Waals surface area contributed by atoms with Crippen molar-refractivity contribution >= 4 is 11.9 Å². The molecule has 0 bridgehead atoms. The van der Waals surface area contributed by atoms with Gasteiger partial charge >= 0.3 is 11.9 Å². The maximum atomic E-state index is 13.0. The number of esters is 2. The van der Waals surface area contributed by atoms with Gasteiger partial charge in [-0.15, -0.1) is 0 Å². The van der Waals surface area contributed by atoms with E-state index in [9.17, 15) is 14.0 Å². The van der Waals surface area contributed by atoms with Gasteiger partial charge in [-0.05, 0) is 35.4 Å². The topological polar surface area (TPSA) is 65.5 Å². The van der Waals surface area contributed by atoms with Gasteiger partial charge in [0.2, 0.25) is 0 Å². The van der Waals surface area contributed by atoms with Crippen LogP contribution in [0.15, 0.2) is 36.4 Å². The van der Waals surface area contributed by atoms with E-state index in [1.165, 1.54) is 50.6 Å². The molecule has 1 aromatic heterocycles. The highest BCUT2D eigenvalue weighted by molar-refractivity contribution is 5.93. The summed E-state index contributed by atoms with van der Waals surface area (Å²) in [6.45, 7) is 0. The Morgan fingerprint density at radius 3 is 1.81 bits per heavy atom. The standard InChI is InChI=1S/C15H12FNO4/c1-20-14(18)12-7-10(8-13(17-12)15(19)21-2)9-3-5-11(16)6-4-9/h3-8H,1-2H3. The average Bonchev–Trinajstić information content (AvgIpc) is 2.53. The molecule has 2 rings (SSSR count). The van der Waals surface area contributed by atoms with Gasteiger partial charge < -0.3 is 9.47 Å². The predicted molar refractivity (Wildman–Crippen MR) is 72.3 cm³/mol.